The second-order valence-electron chi connectivity index (χ2n) is 5.44. The van der Waals surface area contributed by atoms with Crippen LogP contribution in [0.15, 0.2) is 18.3 Å². The van der Waals surface area contributed by atoms with Crippen molar-refractivity contribution in [3.63, 3.8) is 0 Å². The zero-order chi connectivity index (χ0) is 18.7. The highest BCUT2D eigenvalue weighted by atomic mass is 35.5. The summed E-state index contributed by atoms with van der Waals surface area (Å²) in [5.41, 5.74) is 10.5. The summed E-state index contributed by atoms with van der Waals surface area (Å²) in [5, 5.41) is 9.81. The third kappa shape index (κ3) is 3.86. The maximum Gasteiger partial charge on any atom is 0.273 e. The maximum absolute atomic E-state index is 14.0. The van der Waals surface area contributed by atoms with Gasteiger partial charge in [0.2, 0.25) is 5.95 Å². The SMILES string of the molecule is Nc1cc(Cl)c(O)c(C(=O)NNc2ncc(F)c(N3CCOCC3)n2)c1. The molecule has 11 heteroatoms. The predicted molar refractivity (Wildman–Crippen MR) is 93.6 cm³/mol. The fourth-order valence-corrected chi connectivity index (χ4v) is 2.62. The van der Waals surface area contributed by atoms with Crippen LogP contribution in [0.1, 0.15) is 10.4 Å². The van der Waals surface area contributed by atoms with Crippen LogP contribution in [0.5, 0.6) is 5.75 Å². The van der Waals surface area contributed by atoms with Gasteiger partial charge in [-0.1, -0.05) is 11.6 Å². The summed E-state index contributed by atoms with van der Waals surface area (Å²) in [4.78, 5) is 21.7. The molecule has 1 saturated heterocycles. The van der Waals surface area contributed by atoms with Crippen molar-refractivity contribution in [3.05, 3.63) is 34.7 Å². The molecule has 9 nitrogen and oxygen atoms in total. The average Bonchev–Trinajstić information content (AvgIpc) is 2.64. The van der Waals surface area contributed by atoms with Crippen molar-refractivity contribution in [2.24, 2.45) is 0 Å². The number of nitrogens with zero attached hydrogens (tertiary/aromatic N) is 3. The number of amides is 1. The lowest BCUT2D eigenvalue weighted by molar-refractivity contribution is 0.0959. The highest BCUT2D eigenvalue weighted by molar-refractivity contribution is 6.33. The molecule has 0 unspecified atom stereocenters. The number of nitrogens with one attached hydrogen (secondary N) is 2. The Morgan fingerprint density at radius 2 is 2.12 bits per heavy atom. The zero-order valence-electron chi connectivity index (χ0n) is 13.5. The van der Waals surface area contributed by atoms with Crippen LogP contribution in [-0.4, -0.2) is 47.3 Å². The number of halogens is 2. The van der Waals surface area contributed by atoms with Crippen molar-refractivity contribution >= 4 is 35.0 Å². The van der Waals surface area contributed by atoms with Gasteiger partial charge in [0, 0.05) is 18.8 Å². The molecule has 0 atom stereocenters. The Bertz CT molecular complexity index is 831. The van der Waals surface area contributed by atoms with E-state index in [0.29, 0.717) is 26.3 Å². The number of aromatic nitrogens is 2. The fourth-order valence-electron chi connectivity index (χ4n) is 2.39. The standard InChI is InChI=1S/C15H16ClFN6O3/c16-10-6-8(18)5-9(12(10)24)14(25)21-22-15-19-7-11(17)13(20-15)23-1-3-26-4-2-23/h5-7,24H,1-4,18H2,(H,21,25)(H,19,20,22). The second-order valence-corrected chi connectivity index (χ2v) is 5.85. The van der Waals surface area contributed by atoms with E-state index in [9.17, 15) is 14.3 Å². The van der Waals surface area contributed by atoms with Gasteiger partial charge in [-0.3, -0.25) is 15.6 Å². The van der Waals surface area contributed by atoms with Gasteiger partial charge in [-0.25, -0.2) is 9.37 Å². The molecule has 5 N–H and O–H groups in total. The zero-order valence-corrected chi connectivity index (χ0v) is 14.3. The normalized spacial score (nSPS) is 14.2. The molecule has 1 aromatic heterocycles. The highest BCUT2D eigenvalue weighted by Gasteiger charge is 2.19. The number of phenolic OH excluding ortho intramolecular Hbond substituents is 1. The van der Waals surface area contributed by atoms with Gasteiger partial charge in [0.05, 0.1) is 30.0 Å². The number of hydrazine groups is 1. The molecule has 138 valence electrons. The third-order valence-electron chi connectivity index (χ3n) is 3.65. The monoisotopic (exact) mass is 382 g/mol. The summed E-state index contributed by atoms with van der Waals surface area (Å²) >= 11 is 5.79. The van der Waals surface area contributed by atoms with Crippen LogP contribution < -0.4 is 21.5 Å². The van der Waals surface area contributed by atoms with Gasteiger partial charge in [0.15, 0.2) is 11.6 Å². The molecule has 0 bridgehead atoms. The molecular formula is C15H16ClFN6O3. The van der Waals surface area contributed by atoms with Crippen molar-refractivity contribution in [1.82, 2.24) is 15.4 Å². The van der Waals surface area contributed by atoms with Crippen LogP contribution in [0, 0.1) is 5.82 Å². The minimum atomic E-state index is -0.711. The first-order valence-corrected chi connectivity index (χ1v) is 8.03. The number of anilines is 3. The van der Waals surface area contributed by atoms with Crippen molar-refractivity contribution in [1.29, 1.82) is 0 Å². The number of carbonyl (C=O) groups is 1. The van der Waals surface area contributed by atoms with Gasteiger partial charge in [0.1, 0.15) is 5.75 Å². The Hall–Kier alpha value is -2.85. The number of aromatic hydroxyl groups is 1. The van der Waals surface area contributed by atoms with Crippen molar-refractivity contribution in [3.8, 4) is 5.75 Å². The van der Waals surface area contributed by atoms with Crippen LogP contribution in [0.3, 0.4) is 0 Å². The molecule has 0 radical (unpaired) electrons. The number of ether oxygens (including phenoxy) is 1. The lowest BCUT2D eigenvalue weighted by Gasteiger charge is -2.28. The van der Waals surface area contributed by atoms with E-state index >= 15 is 0 Å². The number of nitrogens with two attached hydrogens (primary N) is 1. The molecule has 1 aromatic carbocycles. The first-order chi connectivity index (χ1) is 12.5. The summed E-state index contributed by atoms with van der Waals surface area (Å²) in [5.74, 6) is -1.61. The lowest BCUT2D eigenvalue weighted by Crippen LogP contribution is -2.38. The van der Waals surface area contributed by atoms with Gasteiger partial charge in [-0.05, 0) is 12.1 Å². The average molecular weight is 383 g/mol. The van der Waals surface area contributed by atoms with Gasteiger partial charge in [-0.2, -0.15) is 4.98 Å². The molecule has 0 saturated carbocycles. The highest BCUT2D eigenvalue weighted by Crippen LogP contribution is 2.30. The number of morpholine rings is 1. The van der Waals surface area contributed by atoms with E-state index < -0.39 is 17.5 Å². The van der Waals surface area contributed by atoms with Crippen LogP contribution in [0.25, 0.3) is 0 Å². The number of benzene rings is 1. The van der Waals surface area contributed by atoms with E-state index in [2.05, 4.69) is 20.8 Å². The molecule has 3 rings (SSSR count). The van der Waals surface area contributed by atoms with E-state index in [1.165, 1.54) is 12.1 Å². The maximum atomic E-state index is 14.0. The molecule has 1 aliphatic rings. The Balaban J connectivity index is 1.73. The molecule has 2 aromatic rings. The van der Waals surface area contributed by atoms with Gasteiger partial charge < -0.3 is 20.5 Å². The van der Waals surface area contributed by atoms with Crippen LogP contribution >= 0.6 is 11.6 Å². The molecule has 0 aliphatic carbocycles. The number of carbonyl (C=O) groups excluding carboxylic acids is 1. The Labute approximate surface area is 152 Å². The molecule has 2 heterocycles. The van der Waals surface area contributed by atoms with E-state index in [1.54, 1.807) is 4.90 Å². The second kappa shape index (κ2) is 7.58. The number of phenols is 1. The third-order valence-corrected chi connectivity index (χ3v) is 3.94. The van der Waals surface area contributed by atoms with E-state index in [1.807, 2.05) is 0 Å². The van der Waals surface area contributed by atoms with E-state index in [4.69, 9.17) is 22.1 Å². The number of rotatable bonds is 4. The molecule has 1 fully saturated rings. The van der Waals surface area contributed by atoms with Crippen LogP contribution in [-0.2, 0) is 4.74 Å². The lowest BCUT2D eigenvalue weighted by atomic mass is 10.1. The molecular weight excluding hydrogens is 367 g/mol. The first-order valence-electron chi connectivity index (χ1n) is 7.65. The summed E-state index contributed by atoms with van der Waals surface area (Å²) in [7, 11) is 0. The van der Waals surface area contributed by atoms with Crippen LogP contribution in [0.4, 0.5) is 21.8 Å². The smallest absolute Gasteiger partial charge is 0.273 e. The number of hydrogen-bond acceptors (Lipinski definition) is 8. The predicted octanol–water partition coefficient (Wildman–Crippen LogP) is 1.15. The van der Waals surface area contributed by atoms with Crippen LogP contribution in [0.2, 0.25) is 5.02 Å². The first kappa shape index (κ1) is 18.0. The molecule has 0 spiro atoms. The largest absolute Gasteiger partial charge is 0.506 e. The Kier molecular flexibility index (Phi) is 5.24. The van der Waals surface area contributed by atoms with E-state index in [-0.39, 0.29) is 28.0 Å². The van der Waals surface area contributed by atoms with Gasteiger partial charge in [-0.15, -0.1) is 0 Å². The topological polar surface area (TPSA) is 126 Å². The number of nitrogen functional groups attached to an aromatic ring is 1. The summed E-state index contributed by atoms with van der Waals surface area (Å²) in [6.45, 7) is 1.93. The minimum Gasteiger partial charge on any atom is -0.506 e. The Morgan fingerprint density at radius 3 is 2.85 bits per heavy atom. The minimum absolute atomic E-state index is 0.0178. The Morgan fingerprint density at radius 1 is 1.38 bits per heavy atom. The van der Waals surface area contributed by atoms with E-state index in [0.717, 1.165) is 6.20 Å². The quantitative estimate of drug-likeness (QED) is 0.352. The molecule has 1 amide bonds. The fraction of sp³-hybridized carbons (Fsp3) is 0.267. The summed E-state index contributed by atoms with van der Waals surface area (Å²) < 4.78 is 19.2. The van der Waals surface area contributed by atoms with Crippen molar-refractivity contribution in [2.75, 3.05) is 42.4 Å². The summed E-state index contributed by atoms with van der Waals surface area (Å²) in [6, 6.07) is 2.59. The number of hydrogen-bond donors (Lipinski definition) is 4. The van der Waals surface area contributed by atoms with Crippen molar-refractivity contribution in [2.45, 2.75) is 0 Å². The summed E-state index contributed by atoms with van der Waals surface area (Å²) in [6.07, 6.45) is 1.00. The van der Waals surface area contributed by atoms with Gasteiger partial charge in [0.25, 0.3) is 5.91 Å². The molecule has 26 heavy (non-hydrogen) atoms. The van der Waals surface area contributed by atoms with Gasteiger partial charge >= 0.3 is 0 Å². The molecule has 1 aliphatic heterocycles. The van der Waals surface area contributed by atoms with Crippen molar-refractivity contribution < 1.29 is 19.0 Å².